The number of nitrogens with zero attached hydrogens (tertiary/aromatic N) is 1. The largest absolute Gasteiger partial charge is 0.333 e. The summed E-state index contributed by atoms with van der Waals surface area (Å²) in [6.07, 6.45) is 2.05. The number of halogens is 1. The van der Waals surface area contributed by atoms with Crippen LogP contribution in [0.1, 0.15) is 38.3 Å². The van der Waals surface area contributed by atoms with Crippen molar-refractivity contribution in [1.82, 2.24) is 10.2 Å². The molecule has 0 saturated heterocycles. The lowest BCUT2D eigenvalue weighted by Crippen LogP contribution is -2.41. The van der Waals surface area contributed by atoms with E-state index >= 15 is 0 Å². The molecule has 0 unspecified atom stereocenters. The van der Waals surface area contributed by atoms with Crippen LogP contribution in [0.25, 0.3) is 0 Å². The number of rotatable bonds is 6. The van der Waals surface area contributed by atoms with Gasteiger partial charge in [0.05, 0.1) is 6.04 Å². The number of nitrogens with one attached hydrogen (secondary N) is 1. The summed E-state index contributed by atoms with van der Waals surface area (Å²) < 4.78 is 13.9. The summed E-state index contributed by atoms with van der Waals surface area (Å²) in [6, 6.07) is 6.79. The second kappa shape index (κ2) is 6.35. The highest BCUT2D eigenvalue weighted by Gasteiger charge is 2.38. The molecule has 0 bridgehead atoms. The molecular weight excluding hydrogens is 255 g/mol. The van der Waals surface area contributed by atoms with Gasteiger partial charge in [-0.1, -0.05) is 25.1 Å². The van der Waals surface area contributed by atoms with Gasteiger partial charge < -0.3 is 10.2 Å². The van der Waals surface area contributed by atoms with Gasteiger partial charge in [-0.25, -0.2) is 4.39 Å². The fraction of sp³-hybridized carbons (Fsp3) is 0.562. The van der Waals surface area contributed by atoms with Crippen LogP contribution in [0.15, 0.2) is 24.3 Å². The lowest BCUT2D eigenvalue weighted by Gasteiger charge is -2.32. The van der Waals surface area contributed by atoms with Gasteiger partial charge in [-0.05, 0) is 32.9 Å². The molecule has 1 aliphatic carbocycles. The SMILES string of the molecule is CNC[C@H](C)C(=O)N(C1CC1)[C@@H](C)c1ccccc1F. The molecule has 1 amide bonds. The van der Waals surface area contributed by atoms with Crippen LogP contribution < -0.4 is 5.32 Å². The first kappa shape index (κ1) is 15.0. The normalized spacial score (nSPS) is 17.6. The van der Waals surface area contributed by atoms with Gasteiger partial charge in [-0.3, -0.25) is 4.79 Å². The second-order valence-corrected chi connectivity index (χ2v) is 5.63. The van der Waals surface area contributed by atoms with Crippen molar-refractivity contribution >= 4 is 5.91 Å². The van der Waals surface area contributed by atoms with Crippen molar-refractivity contribution in [3.05, 3.63) is 35.6 Å². The highest BCUT2D eigenvalue weighted by atomic mass is 19.1. The number of carbonyl (C=O) groups is 1. The number of amides is 1. The van der Waals surface area contributed by atoms with E-state index in [1.54, 1.807) is 12.1 Å². The molecule has 2 rings (SSSR count). The predicted molar refractivity (Wildman–Crippen MR) is 77.8 cm³/mol. The van der Waals surface area contributed by atoms with Crippen molar-refractivity contribution in [2.45, 2.75) is 38.8 Å². The van der Waals surface area contributed by atoms with Gasteiger partial charge in [0.15, 0.2) is 0 Å². The van der Waals surface area contributed by atoms with E-state index in [1.165, 1.54) is 6.07 Å². The zero-order valence-corrected chi connectivity index (χ0v) is 12.4. The van der Waals surface area contributed by atoms with Gasteiger partial charge in [0, 0.05) is 24.1 Å². The minimum Gasteiger partial charge on any atom is -0.333 e. The fourth-order valence-electron chi connectivity index (χ4n) is 2.65. The van der Waals surface area contributed by atoms with Crippen molar-refractivity contribution in [2.75, 3.05) is 13.6 Å². The Balaban J connectivity index is 2.20. The highest BCUT2D eigenvalue weighted by Crippen LogP contribution is 2.36. The average Bonchev–Trinajstić information content (AvgIpc) is 3.24. The standard InChI is InChI=1S/C16H23FN2O/c1-11(10-18-3)16(20)19(13-8-9-13)12(2)14-6-4-5-7-15(14)17/h4-7,11-13,18H,8-10H2,1-3H3/t11-,12-/m0/s1. The summed E-state index contributed by atoms with van der Waals surface area (Å²) in [7, 11) is 1.84. The lowest BCUT2D eigenvalue weighted by atomic mass is 10.0. The van der Waals surface area contributed by atoms with Gasteiger partial charge in [0.25, 0.3) is 0 Å². The van der Waals surface area contributed by atoms with Crippen LogP contribution in [-0.4, -0.2) is 30.4 Å². The average molecular weight is 278 g/mol. The minimum atomic E-state index is -0.236. The number of carbonyl (C=O) groups excluding carboxylic acids is 1. The number of hydrogen-bond acceptors (Lipinski definition) is 2. The van der Waals surface area contributed by atoms with Crippen LogP contribution in [0.2, 0.25) is 0 Å². The van der Waals surface area contributed by atoms with Crippen LogP contribution in [0.5, 0.6) is 0 Å². The second-order valence-electron chi connectivity index (χ2n) is 5.63. The predicted octanol–water partition coefficient (Wildman–Crippen LogP) is 2.73. The molecule has 1 aromatic rings. The smallest absolute Gasteiger partial charge is 0.227 e. The maximum Gasteiger partial charge on any atom is 0.227 e. The van der Waals surface area contributed by atoms with Crippen LogP contribution in [0.4, 0.5) is 4.39 Å². The van der Waals surface area contributed by atoms with Gasteiger partial charge >= 0.3 is 0 Å². The van der Waals surface area contributed by atoms with Crippen LogP contribution >= 0.6 is 0 Å². The van der Waals surface area contributed by atoms with E-state index < -0.39 is 0 Å². The zero-order valence-electron chi connectivity index (χ0n) is 12.4. The summed E-state index contributed by atoms with van der Waals surface area (Å²) in [5.41, 5.74) is 0.601. The fourth-order valence-corrected chi connectivity index (χ4v) is 2.65. The molecule has 0 heterocycles. The van der Waals surface area contributed by atoms with Crippen LogP contribution in [0, 0.1) is 11.7 Å². The third-order valence-electron chi connectivity index (χ3n) is 3.90. The summed E-state index contributed by atoms with van der Waals surface area (Å²) in [5, 5.41) is 3.03. The molecule has 2 atom stereocenters. The maximum atomic E-state index is 13.9. The molecule has 4 heteroatoms. The highest BCUT2D eigenvalue weighted by molar-refractivity contribution is 5.80. The Morgan fingerprint density at radius 2 is 2.05 bits per heavy atom. The van der Waals surface area contributed by atoms with Crippen LogP contribution in [-0.2, 0) is 4.79 Å². The molecule has 20 heavy (non-hydrogen) atoms. The quantitative estimate of drug-likeness (QED) is 0.868. The molecule has 110 valence electrons. The molecule has 1 aromatic carbocycles. The van der Waals surface area contributed by atoms with E-state index in [0.717, 1.165) is 12.8 Å². The molecule has 1 aliphatic rings. The molecule has 1 N–H and O–H groups in total. The lowest BCUT2D eigenvalue weighted by molar-refractivity contribution is -0.137. The third-order valence-corrected chi connectivity index (χ3v) is 3.90. The van der Waals surface area contributed by atoms with Gasteiger partial charge in [0.2, 0.25) is 5.91 Å². The Kier molecular flexibility index (Phi) is 4.76. The van der Waals surface area contributed by atoms with Gasteiger partial charge in [-0.2, -0.15) is 0 Å². The zero-order chi connectivity index (χ0) is 14.7. The molecule has 0 aliphatic heterocycles. The van der Waals surface area contributed by atoms with Crippen molar-refractivity contribution in [3.8, 4) is 0 Å². The van der Waals surface area contributed by atoms with Crippen molar-refractivity contribution in [2.24, 2.45) is 5.92 Å². The van der Waals surface area contributed by atoms with E-state index in [4.69, 9.17) is 0 Å². The topological polar surface area (TPSA) is 32.3 Å². The Hall–Kier alpha value is -1.42. The summed E-state index contributed by atoms with van der Waals surface area (Å²) >= 11 is 0. The van der Waals surface area contributed by atoms with Crippen molar-refractivity contribution in [1.29, 1.82) is 0 Å². The first-order chi connectivity index (χ1) is 9.56. The Labute approximate surface area is 120 Å². The molecule has 0 aromatic heterocycles. The van der Waals surface area contributed by atoms with Crippen LogP contribution in [0.3, 0.4) is 0 Å². The molecule has 1 fully saturated rings. The Bertz CT molecular complexity index is 473. The molecular formula is C16H23FN2O. The molecule has 3 nitrogen and oxygen atoms in total. The molecule has 0 spiro atoms. The summed E-state index contributed by atoms with van der Waals surface area (Å²) in [4.78, 5) is 14.5. The molecule has 1 saturated carbocycles. The van der Waals surface area contributed by atoms with E-state index in [9.17, 15) is 9.18 Å². The van der Waals surface area contributed by atoms with E-state index in [0.29, 0.717) is 12.1 Å². The van der Waals surface area contributed by atoms with E-state index in [-0.39, 0.29) is 29.7 Å². The Morgan fingerprint density at radius 3 is 2.60 bits per heavy atom. The maximum absolute atomic E-state index is 13.9. The Morgan fingerprint density at radius 1 is 1.40 bits per heavy atom. The van der Waals surface area contributed by atoms with Gasteiger partial charge in [-0.15, -0.1) is 0 Å². The first-order valence-corrected chi connectivity index (χ1v) is 7.27. The minimum absolute atomic E-state index is 0.0881. The van der Waals surface area contributed by atoms with E-state index in [1.807, 2.05) is 31.9 Å². The summed E-state index contributed by atoms with van der Waals surface area (Å²) in [6.45, 7) is 4.48. The van der Waals surface area contributed by atoms with Gasteiger partial charge in [0.1, 0.15) is 5.82 Å². The molecule has 0 radical (unpaired) electrons. The monoisotopic (exact) mass is 278 g/mol. The van der Waals surface area contributed by atoms with Crippen molar-refractivity contribution in [3.63, 3.8) is 0 Å². The van der Waals surface area contributed by atoms with Crippen molar-refractivity contribution < 1.29 is 9.18 Å². The number of hydrogen-bond donors (Lipinski definition) is 1. The third kappa shape index (κ3) is 3.18. The number of benzene rings is 1. The summed E-state index contributed by atoms with van der Waals surface area (Å²) in [5.74, 6) is -0.216. The van der Waals surface area contributed by atoms with E-state index in [2.05, 4.69) is 5.32 Å². The first-order valence-electron chi connectivity index (χ1n) is 7.27.